The van der Waals surface area contributed by atoms with Gasteiger partial charge in [0.05, 0.1) is 17.2 Å². The van der Waals surface area contributed by atoms with E-state index in [0.717, 1.165) is 24.0 Å². The highest BCUT2D eigenvalue weighted by Crippen LogP contribution is 2.24. The van der Waals surface area contributed by atoms with E-state index in [1.165, 1.54) is 18.5 Å². The van der Waals surface area contributed by atoms with Crippen molar-refractivity contribution in [1.29, 1.82) is 0 Å². The molecule has 0 spiro atoms. The third-order valence-corrected chi connectivity index (χ3v) is 2.96. The number of fused-ring (bicyclic) bond motifs is 3. The molecule has 14 heavy (non-hydrogen) atoms. The molecular weight excluding hydrogens is 198 g/mol. The lowest BCUT2D eigenvalue weighted by molar-refractivity contribution is 0.544. The number of hydrogen-bond acceptors (Lipinski definition) is 2. The van der Waals surface area contributed by atoms with Gasteiger partial charge in [-0.3, -0.25) is 0 Å². The van der Waals surface area contributed by atoms with E-state index in [2.05, 4.69) is 20.6 Å². The first-order valence-electron chi connectivity index (χ1n) is 4.85. The fourth-order valence-corrected chi connectivity index (χ4v) is 2.26. The summed E-state index contributed by atoms with van der Waals surface area (Å²) in [6.45, 7) is 1.09. The normalized spacial score (nSPS) is 15.8. The molecule has 0 saturated heterocycles. The van der Waals surface area contributed by atoms with Crippen LogP contribution in [-0.4, -0.2) is 14.5 Å². The molecule has 0 saturated carbocycles. The van der Waals surface area contributed by atoms with Crippen molar-refractivity contribution in [2.75, 3.05) is 0 Å². The second-order valence-electron chi connectivity index (χ2n) is 3.65. The van der Waals surface area contributed by atoms with Gasteiger partial charge in [-0.2, -0.15) is 0 Å². The lowest BCUT2D eigenvalue weighted by atomic mass is 10.1. The van der Waals surface area contributed by atoms with Gasteiger partial charge in [0.15, 0.2) is 0 Å². The number of rotatable bonds is 0. The van der Waals surface area contributed by atoms with E-state index in [0.29, 0.717) is 5.28 Å². The van der Waals surface area contributed by atoms with Crippen molar-refractivity contribution < 1.29 is 0 Å². The van der Waals surface area contributed by atoms with Crippen molar-refractivity contribution in [2.24, 2.45) is 0 Å². The van der Waals surface area contributed by atoms with Gasteiger partial charge in [-0.25, -0.2) is 9.97 Å². The summed E-state index contributed by atoms with van der Waals surface area (Å²) in [6.07, 6.45) is 5.49. The molecule has 2 aromatic rings. The van der Waals surface area contributed by atoms with Crippen LogP contribution in [0.25, 0.3) is 11.0 Å². The van der Waals surface area contributed by atoms with Crippen molar-refractivity contribution in [2.45, 2.75) is 25.8 Å². The average Bonchev–Trinajstić information content (AvgIpc) is 2.54. The molecule has 0 radical (unpaired) electrons. The maximum absolute atomic E-state index is 5.75. The monoisotopic (exact) mass is 207 g/mol. The zero-order valence-corrected chi connectivity index (χ0v) is 8.46. The van der Waals surface area contributed by atoms with Crippen LogP contribution in [0.1, 0.15) is 18.5 Å². The number of halogens is 1. The first kappa shape index (κ1) is 8.24. The molecule has 0 fully saturated rings. The Bertz CT molecular complexity index is 489. The highest BCUT2D eigenvalue weighted by Gasteiger charge is 2.13. The van der Waals surface area contributed by atoms with E-state index in [9.17, 15) is 0 Å². The van der Waals surface area contributed by atoms with Gasteiger partial charge in [-0.1, -0.05) is 0 Å². The minimum Gasteiger partial charge on any atom is -0.342 e. The first-order chi connectivity index (χ1) is 6.84. The van der Waals surface area contributed by atoms with E-state index < -0.39 is 0 Å². The van der Waals surface area contributed by atoms with Gasteiger partial charge in [0.2, 0.25) is 5.28 Å². The summed E-state index contributed by atoms with van der Waals surface area (Å²) in [6, 6.07) is 2.13. The molecule has 3 heterocycles. The zero-order chi connectivity index (χ0) is 9.54. The molecule has 0 aliphatic carbocycles. The van der Waals surface area contributed by atoms with E-state index in [-0.39, 0.29) is 0 Å². The van der Waals surface area contributed by atoms with E-state index in [4.69, 9.17) is 11.6 Å². The van der Waals surface area contributed by atoms with Gasteiger partial charge in [0.25, 0.3) is 0 Å². The van der Waals surface area contributed by atoms with Gasteiger partial charge < -0.3 is 4.57 Å². The first-order valence-corrected chi connectivity index (χ1v) is 5.23. The lowest BCUT2D eigenvalue weighted by Gasteiger charge is -2.14. The molecular formula is C10H10ClN3. The fourth-order valence-electron chi connectivity index (χ4n) is 2.12. The Morgan fingerprint density at radius 2 is 2.29 bits per heavy atom. The average molecular weight is 208 g/mol. The molecule has 0 bridgehead atoms. The largest absolute Gasteiger partial charge is 0.342 e. The molecule has 2 aromatic heterocycles. The Morgan fingerprint density at radius 3 is 3.21 bits per heavy atom. The van der Waals surface area contributed by atoms with E-state index >= 15 is 0 Å². The summed E-state index contributed by atoms with van der Waals surface area (Å²) in [7, 11) is 0. The summed E-state index contributed by atoms with van der Waals surface area (Å²) in [5.74, 6) is 0. The van der Waals surface area contributed by atoms with Gasteiger partial charge in [0.1, 0.15) is 0 Å². The minimum absolute atomic E-state index is 0.334. The highest BCUT2D eigenvalue weighted by molar-refractivity contribution is 6.28. The SMILES string of the molecule is Clc1ncc2c(cc3n2CCCC3)n1. The van der Waals surface area contributed by atoms with Crippen molar-refractivity contribution in [3.8, 4) is 0 Å². The number of aryl methyl sites for hydroxylation is 2. The predicted molar refractivity (Wildman–Crippen MR) is 55.5 cm³/mol. The minimum atomic E-state index is 0.334. The molecule has 0 atom stereocenters. The molecule has 0 unspecified atom stereocenters. The zero-order valence-electron chi connectivity index (χ0n) is 7.70. The van der Waals surface area contributed by atoms with Gasteiger partial charge in [0, 0.05) is 12.2 Å². The van der Waals surface area contributed by atoms with Crippen LogP contribution in [0.2, 0.25) is 5.28 Å². The van der Waals surface area contributed by atoms with E-state index in [1.807, 2.05) is 6.20 Å². The number of nitrogens with zero attached hydrogens (tertiary/aromatic N) is 3. The smallest absolute Gasteiger partial charge is 0.223 e. The summed E-state index contributed by atoms with van der Waals surface area (Å²) >= 11 is 5.75. The highest BCUT2D eigenvalue weighted by atomic mass is 35.5. The second-order valence-corrected chi connectivity index (χ2v) is 3.99. The summed E-state index contributed by atoms with van der Waals surface area (Å²) in [4.78, 5) is 8.24. The van der Waals surface area contributed by atoms with Crippen molar-refractivity contribution in [3.63, 3.8) is 0 Å². The molecule has 4 heteroatoms. The predicted octanol–water partition coefficient (Wildman–Crippen LogP) is 2.42. The van der Waals surface area contributed by atoms with Gasteiger partial charge in [-0.15, -0.1) is 0 Å². The topological polar surface area (TPSA) is 30.7 Å². The Balaban J connectivity index is 2.31. The van der Waals surface area contributed by atoms with Crippen molar-refractivity contribution in [1.82, 2.24) is 14.5 Å². The third kappa shape index (κ3) is 1.12. The van der Waals surface area contributed by atoms with Gasteiger partial charge in [-0.05, 0) is 36.9 Å². The maximum atomic E-state index is 5.75. The van der Waals surface area contributed by atoms with Crippen LogP contribution >= 0.6 is 11.6 Å². The van der Waals surface area contributed by atoms with Crippen LogP contribution in [0, 0.1) is 0 Å². The van der Waals surface area contributed by atoms with Crippen LogP contribution in [0.15, 0.2) is 12.3 Å². The van der Waals surface area contributed by atoms with Crippen LogP contribution in [0.3, 0.4) is 0 Å². The molecule has 3 rings (SSSR count). The van der Waals surface area contributed by atoms with Crippen molar-refractivity contribution >= 4 is 22.6 Å². The standard InChI is InChI=1S/C10H10ClN3/c11-10-12-6-9-8(13-10)5-7-3-1-2-4-14(7)9/h5-6H,1-4H2. The molecule has 0 aromatic carbocycles. The quantitative estimate of drug-likeness (QED) is 0.622. The molecule has 0 N–H and O–H groups in total. The van der Waals surface area contributed by atoms with Crippen LogP contribution in [0.5, 0.6) is 0 Å². The number of hydrogen-bond donors (Lipinski definition) is 0. The maximum Gasteiger partial charge on any atom is 0.223 e. The Labute approximate surface area is 86.7 Å². The van der Waals surface area contributed by atoms with Crippen LogP contribution < -0.4 is 0 Å². The van der Waals surface area contributed by atoms with Crippen molar-refractivity contribution in [3.05, 3.63) is 23.2 Å². The molecule has 72 valence electrons. The Hall–Kier alpha value is -1.09. The van der Waals surface area contributed by atoms with Crippen LogP contribution in [-0.2, 0) is 13.0 Å². The fraction of sp³-hybridized carbons (Fsp3) is 0.400. The summed E-state index contributed by atoms with van der Waals surface area (Å²) < 4.78 is 2.30. The summed E-state index contributed by atoms with van der Waals surface area (Å²) in [5.41, 5.74) is 3.45. The molecule has 1 aliphatic heterocycles. The third-order valence-electron chi connectivity index (χ3n) is 2.77. The number of aromatic nitrogens is 3. The van der Waals surface area contributed by atoms with Crippen LogP contribution in [0.4, 0.5) is 0 Å². The van der Waals surface area contributed by atoms with Gasteiger partial charge >= 0.3 is 0 Å². The molecule has 0 amide bonds. The second kappa shape index (κ2) is 2.95. The summed E-state index contributed by atoms with van der Waals surface area (Å²) in [5, 5.41) is 0.334. The lowest BCUT2D eigenvalue weighted by Crippen LogP contribution is -2.08. The molecule has 1 aliphatic rings. The molecule has 3 nitrogen and oxygen atoms in total. The Kier molecular flexibility index (Phi) is 1.74. The van der Waals surface area contributed by atoms with E-state index in [1.54, 1.807) is 0 Å². The Morgan fingerprint density at radius 1 is 1.36 bits per heavy atom.